The van der Waals surface area contributed by atoms with Gasteiger partial charge < -0.3 is 9.84 Å². The molecule has 0 atom stereocenters. The van der Waals surface area contributed by atoms with Crippen molar-refractivity contribution < 1.29 is 4.52 Å². The van der Waals surface area contributed by atoms with Gasteiger partial charge in [-0.3, -0.25) is 4.90 Å². The monoisotopic (exact) mass is 356 g/mol. The van der Waals surface area contributed by atoms with Gasteiger partial charge in [0.05, 0.1) is 6.54 Å². The van der Waals surface area contributed by atoms with E-state index in [1.807, 2.05) is 31.3 Å². The number of piperidine rings is 1. The summed E-state index contributed by atoms with van der Waals surface area (Å²) in [4.78, 5) is 6.86. The zero-order valence-electron chi connectivity index (χ0n) is 13.2. The van der Waals surface area contributed by atoms with Crippen LogP contribution in [0.2, 0.25) is 5.02 Å². The van der Waals surface area contributed by atoms with Gasteiger partial charge in [-0.15, -0.1) is 12.4 Å². The lowest BCUT2D eigenvalue weighted by Gasteiger charge is -2.30. The van der Waals surface area contributed by atoms with Gasteiger partial charge >= 0.3 is 0 Å². The van der Waals surface area contributed by atoms with E-state index in [9.17, 15) is 0 Å². The first kappa shape index (κ1) is 18.2. The quantitative estimate of drug-likeness (QED) is 0.890. The number of aromatic nitrogens is 2. The van der Waals surface area contributed by atoms with Crippen LogP contribution in [0, 0.1) is 5.92 Å². The highest BCUT2D eigenvalue weighted by molar-refractivity contribution is 6.30. The molecule has 1 aromatic heterocycles. The number of halogens is 2. The van der Waals surface area contributed by atoms with Crippen LogP contribution in [0.3, 0.4) is 0 Å². The van der Waals surface area contributed by atoms with E-state index >= 15 is 0 Å². The van der Waals surface area contributed by atoms with Crippen LogP contribution in [-0.2, 0) is 6.54 Å². The van der Waals surface area contributed by atoms with E-state index in [0.29, 0.717) is 16.7 Å². The second-order valence-corrected chi connectivity index (χ2v) is 6.24. The predicted octanol–water partition coefficient (Wildman–Crippen LogP) is 3.24. The first-order chi connectivity index (χ1) is 10.7. The van der Waals surface area contributed by atoms with Gasteiger partial charge in [0, 0.05) is 10.6 Å². The minimum absolute atomic E-state index is 0. The van der Waals surface area contributed by atoms with Gasteiger partial charge in [-0.1, -0.05) is 28.9 Å². The normalized spacial score (nSPS) is 16.3. The van der Waals surface area contributed by atoms with Crippen LogP contribution in [0.4, 0.5) is 0 Å². The maximum absolute atomic E-state index is 6.00. The van der Waals surface area contributed by atoms with Crippen molar-refractivity contribution in [2.75, 3.05) is 26.7 Å². The fourth-order valence-electron chi connectivity index (χ4n) is 2.89. The summed E-state index contributed by atoms with van der Waals surface area (Å²) in [5, 5.41) is 7.99. The van der Waals surface area contributed by atoms with E-state index < -0.39 is 0 Å². The summed E-state index contributed by atoms with van der Waals surface area (Å²) in [6.07, 6.45) is 2.44. The molecule has 126 valence electrons. The van der Waals surface area contributed by atoms with Gasteiger partial charge in [0.15, 0.2) is 0 Å². The van der Waals surface area contributed by atoms with Crippen LogP contribution in [0.1, 0.15) is 18.7 Å². The van der Waals surface area contributed by atoms with Crippen LogP contribution >= 0.6 is 24.0 Å². The largest absolute Gasteiger partial charge is 0.338 e. The molecule has 0 radical (unpaired) electrons. The number of nitrogens with one attached hydrogen (secondary N) is 1. The highest BCUT2D eigenvalue weighted by Crippen LogP contribution is 2.21. The molecule has 0 spiro atoms. The molecule has 0 aliphatic carbocycles. The summed E-state index contributed by atoms with van der Waals surface area (Å²) >= 11 is 6.00. The van der Waals surface area contributed by atoms with Gasteiger partial charge in [0.2, 0.25) is 11.7 Å². The van der Waals surface area contributed by atoms with Crippen LogP contribution < -0.4 is 5.32 Å². The Labute approximate surface area is 147 Å². The van der Waals surface area contributed by atoms with Crippen molar-refractivity contribution in [3.05, 3.63) is 35.2 Å². The molecular formula is C16H22Cl2N4O. The molecule has 2 aromatic rings. The number of hydrogen-bond acceptors (Lipinski definition) is 5. The third-order valence-electron chi connectivity index (χ3n) is 4.11. The number of hydrogen-bond donors (Lipinski definition) is 1. The van der Waals surface area contributed by atoms with Crippen molar-refractivity contribution in [3.63, 3.8) is 0 Å². The van der Waals surface area contributed by atoms with Gasteiger partial charge in [0.25, 0.3) is 0 Å². The van der Waals surface area contributed by atoms with Crippen molar-refractivity contribution >= 4 is 24.0 Å². The molecular weight excluding hydrogens is 335 g/mol. The maximum Gasteiger partial charge on any atom is 0.241 e. The zero-order valence-corrected chi connectivity index (χ0v) is 14.7. The lowest BCUT2D eigenvalue weighted by atomic mass is 9.97. The molecule has 0 bridgehead atoms. The predicted molar refractivity (Wildman–Crippen MR) is 93.9 cm³/mol. The highest BCUT2D eigenvalue weighted by Gasteiger charge is 2.20. The molecule has 1 aliphatic rings. The third kappa shape index (κ3) is 4.91. The summed E-state index contributed by atoms with van der Waals surface area (Å²) in [6.45, 7) is 4.00. The van der Waals surface area contributed by atoms with E-state index in [1.54, 1.807) is 0 Å². The zero-order chi connectivity index (χ0) is 15.4. The molecule has 7 heteroatoms. The van der Waals surface area contributed by atoms with Crippen LogP contribution in [-0.4, -0.2) is 41.7 Å². The van der Waals surface area contributed by atoms with Crippen molar-refractivity contribution in [2.24, 2.45) is 5.92 Å². The van der Waals surface area contributed by atoms with E-state index in [0.717, 1.165) is 37.7 Å². The fraction of sp³-hybridized carbons (Fsp3) is 0.500. The third-order valence-corrected chi connectivity index (χ3v) is 4.34. The van der Waals surface area contributed by atoms with Crippen LogP contribution in [0.25, 0.3) is 11.4 Å². The van der Waals surface area contributed by atoms with E-state index in [1.165, 1.54) is 12.8 Å². The Kier molecular flexibility index (Phi) is 6.84. The Morgan fingerprint density at radius 2 is 2.13 bits per heavy atom. The van der Waals surface area contributed by atoms with Crippen molar-refractivity contribution in [2.45, 2.75) is 19.4 Å². The molecule has 23 heavy (non-hydrogen) atoms. The van der Waals surface area contributed by atoms with Crippen LogP contribution in [0.15, 0.2) is 28.8 Å². The number of rotatable bonds is 5. The summed E-state index contributed by atoms with van der Waals surface area (Å²) in [6, 6.07) is 7.50. The Morgan fingerprint density at radius 1 is 1.35 bits per heavy atom. The topological polar surface area (TPSA) is 54.2 Å². The summed E-state index contributed by atoms with van der Waals surface area (Å²) < 4.78 is 5.38. The molecule has 1 fully saturated rings. The van der Waals surface area contributed by atoms with Crippen molar-refractivity contribution in [1.82, 2.24) is 20.4 Å². The lowest BCUT2D eigenvalue weighted by molar-refractivity contribution is 0.159. The molecule has 1 aromatic carbocycles. The second-order valence-electron chi connectivity index (χ2n) is 5.80. The second kappa shape index (κ2) is 8.64. The molecule has 0 saturated carbocycles. The molecule has 2 heterocycles. The maximum atomic E-state index is 6.00. The number of benzene rings is 1. The Morgan fingerprint density at radius 3 is 2.83 bits per heavy atom. The van der Waals surface area contributed by atoms with E-state index in [4.69, 9.17) is 16.1 Å². The highest BCUT2D eigenvalue weighted by atomic mass is 35.5. The molecule has 1 N–H and O–H groups in total. The molecule has 5 nitrogen and oxygen atoms in total. The van der Waals surface area contributed by atoms with Crippen molar-refractivity contribution in [1.29, 1.82) is 0 Å². The minimum Gasteiger partial charge on any atom is -0.338 e. The average molecular weight is 357 g/mol. The van der Waals surface area contributed by atoms with Gasteiger partial charge in [-0.2, -0.15) is 4.98 Å². The molecule has 0 amide bonds. The first-order valence-corrected chi connectivity index (χ1v) is 8.08. The fourth-order valence-corrected chi connectivity index (χ4v) is 3.08. The number of nitrogens with zero attached hydrogens (tertiary/aromatic N) is 3. The van der Waals surface area contributed by atoms with E-state index in [-0.39, 0.29) is 12.4 Å². The smallest absolute Gasteiger partial charge is 0.241 e. The summed E-state index contributed by atoms with van der Waals surface area (Å²) in [5.74, 6) is 2.05. The SMILES string of the molecule is CNCC1CCN(Cc2nc(-c3cccc(Cl)c3)no2)CC1.Cl. The summed E-state index contributed by atoms with van der Waals surface area (Å²) in [5.41, 5.74) is 0.884. The molecule has 1 saturated heterocycles. The minimum atomic E-state index is 0. The molecule has 0 unspecified atom stereocenters. The average Bonchev–Trinajstić information content (AvgIpc) is 2.98. The summed E-state index contributed by atoms with van der Waals surface area (Å²) in [7, 11) is 2.02. The van der Waals surface area contributed by atoms with Gasteiger partial charge in [0.1, 0.15) is 0 Å². The Hall–Kier alpha value is -1.14. The molecule has 1 aliphatic heterocycles. The van der Waals surface area contributed by atoms with Crippen molar-refractivity contribution in [3.8, 4) is 11.4 Å². The van der Waals surface area contributed by atoms with Gasteiger partial charge in [-0.25, -0.2) is 0 Å². The number of likely N-dealkylation sites (tertiary alicyclic amines) is 1. The standard InChI is InChI=1S/C16H21ClN4O.ClH/c1-18-10-12-5-7-21(8-6-12)11-15-19-16(20-22-15)13-3-2-4-14(17)9-13;/h2-4,9,12,18H,5-8,10-11H2,1H3;1H. The Bertz CT molecular complexity index is 612. The molecule has 3 rings (SSSR count). The van der Waals surface area contributed by atoms with Crippen LogP contribution in [0.5, 0.6) is 0 Å². The van der Waals surface area contributed by atoms with Gasteiger partial charge in [-0.05, 0) is 57.6 Å². The van der Waals surface area contributed by atoms with E-state index in [2.05, 4.69) is 20.4 Å². The lowest BCUT2D eigenvalue weighted by Crippen LogP contribution is -2.36. The Balaban J connectivity index is 0.00000192. The first-order valence-electron chi connectivity index (χ1n) is 7.70.